The Bertz CT molecular complexity index is 1100. The summed E-state index contributed by atoms with van der Waals surface area (Å²) in [6, 6.07) is 13.5. The van der Waals surface area contributed by atoms with Crippen molar-refractivity contribution in [3.63, 3.8) is 0 Å². The molecule has 31 heavy (non-hydrogen) atoms. The largest absolute Gasteiger partial charge is 0.326 e. The number of halogens is 1. The Morgan fingerprint density at radius 3 is 2.32 bits per heavy atom. The molecule has 1 unspecified atom stereocenters. The normalized spacial score (nSPS) is 23.2. The average Bonchev–Trinajstić information content (AvgIpc) is 2.99. The molecule has 10 heteroatoms. The lowest BCUT2D eigenvalue weighted by Crippen LogP contribution is -2.52. The highest BCUT2D eigenvalue weighted by molar-refractivity contribution is 7.89. The molecule has 0 bridgehead atoms. The quantitative estimate of drug-likeness (QED) is 0.704. The fourth-order valence-corrected chi connectivity index (χ4v) is 5.33. The first kappa shape index (κ1) is 21.4. The van der Waals surface area contributed by atoms with Crippen molar-refractivity contribution in [2.24, 2.45) is 0 Å². The minimum Gasteiger partial charge on any atom is -0.319 e. The van der Waals surface area contributed by atoms with Crippen LogP contribution in [0.25, 0.3) is 0 Å². The number of hydrogen-bond acceptors (Lipinski definition) is 5. The smallest absolute Gasteiger partial charge is 0.319 e. The summed E-state index contributed by atoms with van der Waals surface area (Å²) in [6.45, 7) is 2.78. The number of benzene rings is 2. The summed E-state index contributed by atoms with van der Waals surface area (Å²) in [5.74, 6) is -0.960. The molecule has 0 spiro atoms. The number of piperazine rings is 1. The number of sulfonamides is 1. The summed E-state index contributed by atoms with van der Waals surface area (Å²) in [4.78, 5) is 28.5. The van der Waals surface area contributed by atoms with Gasteiger partial charge in [-0.1, -0.05) is 36.4 Å². The second-order valence-electron chi connectivity index (χ2n) is 7.78. The molecule has 2 aromatic rings. The van der Waals surface area contributed by atoms with E-state index < -0.39 is 27.4 Å². The second-order valence-corrected chi connectivity index (χ2v) is 9.71. The van der Waals surface area contributed by atoms with E-state index in [1.165, 1.54) is 22.5 Å². The van der Waals surface area contributed by atoms with E-state index in [2.05, 4.69) is 5.32 Å². The van der Waals surface area contributed by atoms with Crippen LogP contribution in [0.5, 0.6) is 0 Å². The van der Waals surface area contributed by atoms with Gasteiger partial charge in [-0.2, -0.15) is 4.31 Å². The third kappa shape index (κ3) is 3.93. The highest BCUT2D eigenvalue weighted by atomic mass is 32.2. The van der Waals surface area contributed by atoms with Gasteiger partial charge in [0, 0.05) is 26.2 Å². The predicted octanol–water partition coefficient (Wildman–Crippen LogP) is 1.56. The predicted molar refractivity (Wildman–Crippen MR) is 111 cm³/mol. The summed E-state index contributed by atoms with van der Waals surface area (Å²) in [6.07, 6.45) is 0. The van der Waals surface area contributed by atoms with E-state index in [4.69, 9.17) is 0 Å². The molecule has 2 aliphatic rings. The molecule has 2 aliphatic heterocycles. The van der Waals surface area contributed by atoms with Gasteiger partial charge in [-0.05, 0) is 30.7 Å². The minimum atomic E-state index is -3.80. The second kappa shape index (κ2) is 8.03. The first-order valence-corrected chi connectivity index (χ1v) is 11.3. The zero-order valence-electron chi connectivity index (χ0n) is 17.0. The van der Waals surface area contributed by atoms with Crippen LogP contribution in [-0.2, 0) is 20.4 Å². The molecule has 2 fully saturated rings. The molecule has 4 rings (SSSR count). The Morgan fingerprint density at radius 2 is 1.68 bits per heavy atom. The highest BCUT2D eigenvalue weighted by Gasteiger charge is 2.49. The van der Waals surface area contributed by atoms with Crippen molar-refractivity contribution in [2.45, 2.75) is 17.4 Å². The molecule has 1 atom stereocenters. The van der Waals surface area contributed by atoms with E-state index in [0.717, 1.165) is 11.0 Å². The van der Waals surface area contributed by atoms with Crippen LogP contribution in [0.15, 0.2) is 59.5 Å². The molecule has 0 aliphatic carbocycles. The Morgan fingerprint density at radius 1 is 1.00 bits per heavy atom. The fourth-order valence-electron chi connectivity index (χ4n) is 3.88. The van der Waals surface area contributed by atoms with Gasteiger partial charge in [0.2, 0.25) is 10.0 Å². The Labute approximate surface area is 180 Å². The van der Waals surface area contributed by atoms with Crippen molar-refractivity contribution in [3.8, 4) is 0 Å². The number of urea groups is 1. The number of nitrogens with zero attached hydrogens (tertiary/aromatic N) is 3. The van der Waals surface area contributed by atoms with Crippen molar-refractivity contribution < 1.29 is 22.4 Å². The summed E-state index contributed by atoms with van der Waals surface area (Å²) >= 11 is 0. The van der Waals surface area contributed by atoms with Crippen LogP contribution >= 0.6 is 0 Å². The van der Waals surface area contributed by atoms with Gasteiger partial charge in [-0.15, -0.1) is 0 Å². The monoisotopic (exact) mass is 446 g/mol. The molecule has 2 saturated heterocycles. The maximum Gasteiger partial charge on any atom is 0.326 e. The average molecular weight is 447 g/mol. The van der Waals surface area contributed by atoms with E-state index >= 15 is 0 Å². The molecular formula is C21H23FN4O4S. The maximum absolute atomic E-state index is 13.4. The van der Waals surface area contributed by atoms with Crippen LogP contribution in [0.2, 0.25) is 0 Å². The first-order chi connectivity index (χ1) is 14.7. The van der Waals surface area contributed by atoms with Crippen molar-refractivity contribution in [1.29, 1.82) is 0 Å². The number of carbonyl (C=O) groups is 2. The Hall–Kier alpha value is -2.82. The van der Waals surface area contributed by atoms with E-state index in [1.807, 2.05) is 11.0 Å². The molecule has 0 aromatic heterocycles. The molecule has 2 heterocycles. The highest BCUT2D eigenvalue weighted by Crippen LogP contribution is 2.29. The SMILES string of the molecule is CC1(c2ccccc2)NC(=O)N(CN2CCN(S(=O)(=O)c3cccc(F)c3)CC2)C1=O. The lowest BCUT2D eigenvalue weighted by atomic mass is 9.92. The van der Waals surface area contributed by atoms with Crippen molar-refractivity contribution in [3.05, 3.63) is 66.0 Å². The van der Waals surface area contributed by atoms with Gasteiger partial charge in [-0.25, -0.2) is 22.5 Å². The van der Waals surface area contributed by atoms with Crippen LogP contribution in [0.1, 0.15) is 12.5 Å². The van der Waals surface area contributed by atoms with Gasteiger partial charge < -0.3 is 5.32 Å². The topological polar surface area (TPSA) is 90.0 Å². The first-order valence-electron chi connectivity index (χ1n) is 9.89. The number of hydrogen-bond donors (Lipinski definition) is 1. The van der Waals surface area contributed by atoms with Crippen molar-refractivity contribution >= 4 is 22.0 Å². The number of nitrogens with one attached hydrogen (secondary N) is 1. The molecule has 3 amide bonds. The van der Waals surface area contributed by atoms with Crippen molar-refractivity contribution in [2.75, 3.05) is 32.8 Å². The van der Waals surface area contributed by atoms with Crippen molar-refractivity contribution in [1.82, 2.24) is 19.4 Å². The van der Waals surface area contributed by atoms with Gasteiger partial charge in [0.05, 0.1) is 11.6 Å². The Balaban J connectivity index is 1.41. The lowest BCUT2D eigenvalue weighted by molar-refractivity contribution is -0.132. The Kier molecular flexibility index (Phi) is 5.54. The van der Waals surface area contributed by atoms with Gasteiger partial charge in [0.25, 0.3) is 5.91 Å². The lowest BCUT2D eigenvalue weighted by Gasteiger charge is -2.35. The van der Waals surface area contributed by atoms with E-state index in [-0.39, 0.29) is 30.6 Å². The van der Waals surface area contributed by atoms with Gasteiger partial charge in [0.1, 0.15) is 11.4 Å². The molecule has 8 nitrogen and oxygen atoms in total. The molecular weight excluding hydrogens is 423 g/mol. The minimum absolute atomic E-state index is 0.0704. The zero-order chi connectivity index (χ0) is 22.2. The number of carbonyl (C=O) groups excluding carboxylic acids is 2. The summed E-state index contributed by atoms with van der Waals surface area (Å²) in [5, 5.41) is 2.76. The third-order valence-corrected chi connectivity index (χ3v) is 7.63. The zero-order valence-corrected chi connectivity index (χ0v) is 17.8. The van der Waals surface area contributed by atoms with Crippen LogP contribution in [0.4, 0.5) is 9.18 Å². The van der Waals surface area contributed by atoms with Gasteiger partial charge in [0.15, 0.2) is 0 Å². The van der Waals surface area contributed by atoms with E-state index in [1.54, 1.807) is 31.2 Å². The number of rotatable bonds is 5. The summed E-state index contributed by atoms with van der Waals surface area (Å²) in [7, 11) is -3.80. The molecule has 0 radical (unpaired) electrons. The maximum atomic E-state index is 13.4. The third-order valence-electron chi connectivity index (χ3n) is 5.73. The van der Waals surface area contributed by atoms with E-state index in [0.29, 0.717) is 18.7 Å². The van der Waals surface area contributed by atoms with Crippen LogP contribution in [0, 0.1) is 5.82 Å². The van der Waals surface area contributed by atoms with Gasteiger partial charge in [-0.3, -0.25) is 9.69 Å². The standard InChI is InChI=1S/C21H23FN4O4S/c1-21(16-6-3-2-4-7-16)19(27)26(20(28)23-21)15-24-10-12-25(13-11-24)31(29,30)18-9-5-8-17(22)14-18/h2-9,14H,10-13,15H2,1H3,(H,23,28). The molecule has 2 aromatic carbocycles. The number of amides is 3. The molecule has 1 N–H and O–H groups in total. The summed E-state index contributed by atoms with van der Waals surface area (Å²) < 4.78 is 40.2. The molecule has 164 valence electrons. The molecule has 0 saturated carbocycles. The fraction of sp³-hybridized carbons (Fsp3) is 0.333. The number of imide groups is 1. The summed E-state index contributed by atoms with van der Waals surface area (Å²) in [5.41, 5.74) is -0.442. The van der Waals surface area contributed by atoms with E-state index in [9.17, 15) is 22.4 Å². The van der Waals surface area contributed by atoms with Crippen LogP contribution in [-0.4, -0.2) is 67.3 Å². The van der Waals surface area contributed by atoms with Crippen LogP contribution < -0.4 is 5.32 Å². The van der Waals surface area contributed by atoms with Crippen LogP contribution in [0.3, 0.4) is 0 Å². The van der Waals surface area contributed by atoms with Gasteiger partial charge >= 0.3 is 6.03 Å².